The van der Waals surface area contributed by atoms with E-state index in [4.69, 9.17) is 0 Å². The fourth-order valence-electron chi connectivity index (χ4n) is 4.11. The summed E-state index contributed by atoms with van der Waals surface area (Å²) in [5.41, 5.74) is 2.09. The fourth-order valence-corrected chi connectivity index (χ4v) is 4.11. The number of carbonyl (C=O) groups excluding carboxylic acids is 3. The van der Waals surface area contributed by atoms with E-state index in [9.17, 15) is 23.2 Å². The topological polar surface area (TPSA) is 69.7 Å². The smallest absolute Gasteiger partial charge is 0.331 e. The number of anilines is 2. The lowest BCUT2D eigenvalue weighted by molar-refractivity contribution is -0.112. The number of imide groups is 1. The molecule has 2 aromatic carbocycles. The first-order valence-corrected chi connectivity index (χ1v) is 9.63. The van der Waals surface area contributed by atoms with Gasteiger partial charge in [0.05, 0.1) is 11.3 Å². The van der Waals surface area contributed by atoms with Gasteiger partial charge in [-0.25, -0.2) is 18.5 Å². The van der Waals surface area contributed by atoms with E-state index >= 15 is 0 Å². The highest BCUT2D eigenvalue weighted by Gasteiger charge is 2.44. The van der Waals surface area contributed by atoms with Crippen molar-refractivity contribution in [2.45, 2.75) is 18.8 Å². The zero-order chi connectivity index (χ0) is 21.0. The van der Waals surface area contributed by atoms with Crippen molar-refractivity contribution in [3.05, 3.63) is 65.4 Å². The van der Waals surface area contributed by atoms with Crippen LogP contribution in [0, 0.1) is 0 Å². The first-order chi connectivity index (χ1) is 14.4. The minimum atomic E-state index is -2.80. The molecule has 3 heterocycles. The second kappa shape index (κ2) is 6.48. The molecule has 8 heteroatoms. The lowest BCUT2D eigenvalue weighted by atomic mass is 10.0. The van der Waals surface area contributed by atoms with Gasteiger partial charge in [0.15, 0.2) is 0 Å². The average molecular weight is 409 g/mol. The number of alkyl halides is 2. The van der Waals surface area contributed by atoms with Crippen LogP contribution in [0.5, 0.6) is 0 Å². The SMILES string of the molecule is O=C1/C(=C2/C(=O)N(C(=O)N3CCC(F)(F)CC3)c3ccccc32)Nc2ccccc21. The third-order valence-electron chi connectivity index (χ3n) is 5.70. The molecule has 0 saturated carbocycles. The molecule has 0 aromatic heterocycles. The van der Waals surface area contributed by atoms with Crippen LogP contribution in [0.3, 0.4) is 0 Å². The standard InChI is InChI=1S/C22H17F2N3O3/c23-22(24)9-11-26(12-10-22)21(30)27-16-8-4-2-6-14(16)17(20(27)29)18-19(28)13-5-1-3-7-15(13)25-18/h1-8,25H,9-12H2/b18-17-. The second-order valence-corrected chi connectivity index (χ2v) is 7.53. The number of fused-ring (bicyclic) bond motifs is 2. The monoisotopic (exact) mass is 409 g/mol. The van der Waals surface area contributed by atoms with Crippen molar-refractivity contribution in [2.75, 3.05) is 23.3 Å². The molecule has 1 N–H and O–H groups in total. The minimum absolute atomic E-state index is 0.113. The largest absolute Gasteiger partial charge is 0.351 e. The molecule has 3 aliphatic rings. The van der Waals surface area contributed by atoms with Crippen molar-refractivity contribution in [3.8, 4) is 0 Å². The molecule has 0 unspecified atom stereocenters. The molecule has 5 rings (SSSR count). The Morgan fingerprint density at radius 3 is 2.27 bits per heavy atom. The van der Waals surface area contributed by atoms with Gasteiger partial charge in [-0.3, -0.25) is 9.59 Å². The van der Waals surface area contributed by atoms with Crippen molar-refractivity contribution >= 4 is 34.7 Å². The Bertz CT molecular complexity index is 1130. The number of allylic oxidation sites excluding steroid dienone is 1. The van der Waals surface area contributed by atoms with E-state index < -0.39 is 30.7 Å². The molecule has 30 heavy (non-hydrogen) atoms. The van der Waals surface area contributed by atoms with E-state index in [2.05, 4.69) is 5.32 Å². The van der Waals surface area contributed by atoms with E-state index in [0.717, 1.165) is 4.90 Å². The zero-order valence-corrected chi connectivity index (χ0v) is 15.8. The molecule has 6 nitrogen and oxygen atoms in total. The second-order valence-electron chi connectivity index (χ2n) is 7.53. The van der Waals surface area contributed by atoms with Gasteiger partial charge in [-0.2, -0.15) is 0 Å². The first-order valence-electron chi connectivity index (χ1n) is 9.63. The highest BCUT2D eigenvalue weighted by molar-refractivity contribution is 6.44. The Morgan fingerprint density at radius 2 is 1.57 bits per heavy atom. The molecule has 0 aliphatic carbocycles. The Kier molecular flexibility index (Phi) is 3.99. The van der Waals surface area contributed by atoms with Crippen LogP contribution >= 0.6 is 0 Å². The predicted molar refractivity (Wildman–Crippen MR) is 106 cm³/mol. The third-order valence-corrected chi connectivity index (χ3v) is 5.70. The predicted octanol–water partition coefficient (Wildman–Crippen LogP) is 3.90. The molecule has 0 atom stereocenters. The minimum Gasteiger partial charge on any atom is -0.351 e. The lowest BCUT2D eigenvalue weighted by Crippen LogP contribution is -2.50. The summed E-state index contributed by atoms with van der Waals surface area (Å²) in [6.07, 6.45) is -0.878. The summed E-state index contributed by atoms with van der Waals surface area (Å²) in [7, 11) is 0. The van der Waals surface area contributed by atoms with Gasteiger partial charge < -0.3 is 10.2 Å². The molecular weight excluding hydrogens is 392 g/mol. The Morgan fingerprint density at radius 1 is 0.933 bits per heavy atom. The van der Waals surface area contributed by atoms with Crippen molar-refractivity contribution < 1.29 is 23.2 Å². The maximum absolute atomic E-state index is 13.5. The summed E-state index contributed by atoms with van der Waals surface area (Å²) in [5.74, 6) is -3.76. The van der Waals surface area contributed by atoms with Gasteiger partial charge in [0.25, 0.3) is 11.8 Å². The third kappa shape index (κ3) is 2.71. The van der Waals surface area contributed by atoms with Gasteiger partial charge in [-0.05, 0) is 18.2 Å². The number of likely N-dealkylation sites (tertiary alicyclic amines) is 1. The van der Waals surface area contributed by atoms with E-state index in [1.165, 1.54) is 4.90 Å². The number of nitrogens with zero attached hydrogens (tertiary/aromatic N) is 2. The summed E-state index contributed by atoms with van der Waals surface area (Å²) in [6.45, 7) is -0.265. The van der Waals surface area contributed by atoms with Crippen LogP contribution in [0.2, 0.25) is 0 Å². The number of benzene rings is 2. The number of para-hydroxylation sites is 2. The number of hydrogen-bond acceptors (Lipinski definition) is 4. The van der Waals surface area contributed by atoms with Crippen LogP contribution in [-0.2, 0) is 4.79 Å². The van der Waals surface area contributed by atoms with E-state index in [-0.39, 0.29) is 30.1 Å². The summed E-state index contributed by atoms with van der Waals surface area (Å²) in [4.78, 5) is 41.6. The van der Waals surface area contributed by atoms with Crippen LogP contribution < -0.4 is 10.2 Å². The quantitative estimate of drug-likeness (QED) is 0.670. The van der Waals surface area contributed by atoms with Crippen LogP contribution in [0.4, 0.5) is 25.0 Å². The number of hydrogen-bond donors (Lipinski definition) is 1. The molecule has 152 valence electrons. The summed E-state index contributed by atoms with van der Waals surface area (Å²) in [6, 6.07) is 13.0. The van der Waals surface area contributed by atoms with Gasteiger partial charge in [-0.15, -0.1) is 0 Å². The molecule has 2 aromatic rings. The van der Waals surface area contributed by atoms with Crippen molar-refractivity contribution in [1.29, 1.82) is 0 Å². The Labute approximate surface area is 170 Å². The van der Waals surface area contributed by atoms with Crippen LogP contribution in [0.15, 0.2) is 54.2 Å². The van der Waals surface area contributed by atoms with Crippen molar-refractivity contribution in [1.82, 2.24) is 4.90 Å². The number of amides is 3. The number of halogens is 2. The van der Waals surface area contributed by atoms with Gasteiger partial charge in [0.1, 0.15) is 5.70 Å². The maximum atomic E-state index is 13.5. The normalized spacial score (nSPS) is 22.1. The van der Waals surface area contributed by atoms with Crippen molar-refractivity contribution in [2.24, 2.45) is 0 Å². The maximum Gasteiger partial charge on any atom is 0.331 e. The summed E-state index contributed by atoms with van der Waals surface area (Å²) < 4.78 is 27.0. The molecular formula is C22H17F2N3O3. The first kappa shape index (κ1) is 18.5. The molecule has 1 saturated heterocycles. The average Bonchev–Trinajstić information content (AvgIpc) is 3.21. The molecule has 3 amide bonds. The van der Waals surface area contributed by atoms with Crippen LogP contribution in [-0.4, -0.2) is 41.6 Å². The lowest BCUT2D eigenvalue weighted by Gasteiger charge is -2.33. The van der Waals surface area contributed by atoms with E-state index in [0.29, 0.717) is 22.5 Å². The van der Waals surface area contributed by atoms with Gasteiger partial charge in [0, 0.05) is 42.7 Å². The molecule has 1 fully saturated rings. The number of carbonyl (C=O) groups is 3. The van der Waals surface area contributed by atoms with E-state index in [1.54, 1.807) is 48.5 Å². The highest BCUT2D eigenvalue weighted by Crippen LogP contribution is 2.42. The van der Waals surface area contributed by atoms with E-state index in [1.807, 2.05) is 0 Å². The molecule has 0 bridgehead atoms. The number of rotatable bonds is 0. The van der Waals surface area contributed by atoms with Gasteiger partial charge in [-0.1, -0.05) is 30.3 Å². The van der Waals surface area contributed by atoms with Crippen LogP contribution in [0.1, 0.15) is 28.8 Å². The highest BCUT2D eigenvalue weighted by atomic mass is 19.3. The number of urea groups is 1. The Balaban J connectivity index is 1.55. The molecule has 3 aliphatic heterocycles. The zero-order valence-electron chi connectivity index (χ0n) is 15.8. The summed E-state index contributed by atoms with van der Waals surface area (Å²) in [5, 5.41) is 3.01. The van der Waals surface area contributed by atoms with Gasteiger partial charge >= 0.3 is 6.03 Å². The number of Topliss-reactive ketones (excluding diaryl/α,β-unsaturated/α-hetero) is 1. The fraction of sp³-hybridized carbons (Fsp3) is 0.227. The molecule has 0 spiro atoms. The van der Waals surface area contributed by atoms with Gasteiger partial charge in [0.2, 0.25) is 5.78 Å². The summed E-state index contributed by atoms with van der Waals surface area (Å²) >= 11 is 0. The van der Waals surface area contributed by atoms with Crippen LogP contribution in [0.25, 0.3) is 5.57 Å². The number of ketones is 1. The van der Waals surface area contributed by atoms with Crippen molar-refractivity contribution in [3.63, 3.8) is 0 Å². The number of piperidine rings is 1. The Hall–Kier alpha value is -3.55. The number of nitrogens with one attached hydrogen (secondary N) is 1. The molecule has 0 radical (unpaired) electrons.